The van der Waals surface area contributed by atoms with Gasteiger partial charge in [0.1, 0.15) is 0 Å². The van der Waals surface area contributed by atoms with Gasteiger partial charge in [-0.15, -0.1) is 91.3 Å². The van der Waals surface area contributed by atoms with Crippen LogP contribution in [0.15, 0.2) is 166 Å². The smallest absolute Gasteiger partial charge is 0.188 e. The summed E-state index contributed by atoms with van der Waals surface area (Å²) in [7, 11) is 0. The minimum absolute atomic E-state index is 0.500. The van der Waals surface area contributed by atoms with Gasteiger partial charge in [-0.25, -0.2) is 0 Å². The summed E-state index contributed by atoms with van der Waals surface area (Å²) in [6.45, 7) is 2.35. The highest BCUT2D eigenvalue weighted by Gasteiger charge is 2.28. The van der Waals surface area contributed by atoms with E-state index in [1.807, 2.05) is 24.3 Å². The van der Waals surface area contributed by atoms with Crippen molar-refractivity contribution in [2.75, 3.05) is 0 Å². The summed E-state index contributed by atoms with van der Waals surface area (Å²) in [4.78, 5) is 0. The van der Waals surface area contributed by atoms with Crippen molar-refractivity contribution in [1.29, 1.82) is 0 Å². The van der Waals surface area contributed by atoms with Gasteiger partial charge in [-0.05, 0) is 72.2 Å². The zero-order valence-corrected chi connectivity index (χ0v) is 39.2. The minimum Gasteiger partial charge on any atom is -0.302 e. The fourth-order valence-electron chi connectivity index (χ4n) is 8.58. The molecule has 0 saturated carbocycles. The summed E-state index contributed by atoms with van der Waals surface area (Å²) in [6, 6.07) is 49.9. The van der Waals surface area contributed by atoms with E-state index in [9.17, 15) is 0 Å². The Hall–Kier alpha value is -6.46. The Bertz CT molecular complexity index is 2830. The highest BCUT2D eigenvalue weighted by atomic mass is 32.1. The molecule has 10 rings (SSSR count). The topological polar surface area (TPSA) is 123 Å². The summed E-state index contributed by atoms with van der Waals surface area (Å²) in [5.41, 5.74) is 8.01. The zero-order chi connectivity index (χ0) is 45.0. The summed E-state index contributed by atoms with van der Waals surface area (Å²) >= 11 is 19.5. The first-order valence-corrected chi connectivity index (χ1v) is 23.5. The highest BCUT2D eigenvalue weighted by molar-refractivity contribution is 7.80. The van der Waals surface area contributed by atoms with Gasteiger partial charge in [-0.2, -0.15) is 0 Å². The van der Waals surface area contributed by atoms with Crippen molar-refractivity contribution in [1.82, 2.24) is 59.1 Å². The van der Waals surface area contributed by atoms with Crippen LogP contribution in [0.5, 0.6) is 0 Å². The third-order valence-corrected chi connectivity index (χ3v) is 13.2. The molecule has 0 bridgehead atoms. The fourth-order valence-corrected chi connectivity index (χ4v) is 9.54. The van der Waals surface area contributed by atoms with Crippen LogP contribution in [0.2, 0.25) is 0 Å². The molecule has 0 atom stereocenters. The molecule has 0 spiro atoms. The lowest BCUT2D eigenvalue weighted by Crippen LogP contribution is -2.09. The molecule has 4 aromatic heterocycles. The van der Waals surface area contributed by atoms with Gasteiger partial charge < -0.3 is 18.3 Å². The van der Waals surface area contributed by atoms with Crippen LogP contribution in [0.3, 0.4) is 0 Å². The zero-order valence-electron chi connectivity index (χ0n) is 35.7. The minimum atomic E-state index is 0.500. The van der Waals surface area contributed by atoms with Crippen molar-refractivity contribution in [2.45, 2.75) is 72.5 Å². The molecule has 66 heavy (non-hydrogen) atoms. The molecule has 0 fully saturated rings. The number of benzene rings is 6. The second kappa shape index (κ2) is 19.6. The van der Waals surface area contributed by atoms with Crippen molar-refractivity contribution in [3.05, 3.63) is 168 Å². The van der Waals surface area contributed by atoms with Crippen molar-refractivity contribution in [2.24, 2.45) is 0 Å². The second-order valence-electron chi connectivity index (χ2n) is 15.9. The number of aromatic nitrogens is 12. The first-order valence-electron chi connectivity index (χ1n) is 21.7. The maximum absolute atomic E-state index is 4.87. The van der Waals surface area contributed by atoms with Gasteiger partial charge in [-0.3, -0.25) is 0 Å². The van der Waals surface area contributed by atoms with Crippen LogP contribution < -0.4 is 0 Å². The quantitative estimate of drug-likeness (QED) is 0.0707. The lowest BCUT2D eigenvalue weighted by atomic mass is 9.90. The SMILES string of the molecule is Sc1nnc(-c2ccc(-c3nnc(S)n3CCc3ccccc3)c3c(-c4nnc(S)n4CCc4ccccc4)ccc(-c4nnc(S)n4CCc4ccccc4)c23)n1CCc1ccccc1. The summed E-state index contributed by atoms with van der Waals surface area (Å²) in [6.07, 6.45) is 2.98. The molecule has 0 amide bonds. The number of aryl methyl sites for hydroxylation is 4. The third kappa shape index (κ3) is 8.93. The van der Waals surface area contributed by atoms with Crippen molar-refractivity contribution < 1.29 is 0 Å². The average molecular weight is 941 g/mol. The standard InChI is InChI=1S/C50H44N12S4/c63-47-55-51-43(59(47)29-25-33-13-5-1-6-14-33)37-21-22-39(45-53-57-49(65)61(45)31-27-35-17-9-3-10-18-35)42-40(46-54-58-50(66)62(46)32-28-36-19-11-4-12-20-36)24-23-38(41(37)42)44-52-56-48(64)60(44)30-26-34-15-7-2-8-16-34/h1-24H,25-32H2,(H,55,63)(H,56,64)(H,57,65)(H,58,66). The molecular weight excluding hydrogens is 897 g/mol. The molecule has 0 radical (unpaired) electrons. The van der Waals surface area contributed by atoms with Crippen molar-refractivity contribution in [3.8, 4) is 45.6 Å². The Morgan fingerprint density at radius 2 is 0.485 bits per heavy atom. The van der Waals surface area contributed by atoms with Gasteiger partial charge in [0.15, 0.2) is 43.9 Å². The largest absolute Gasteiger partial charge is 0.302 e. The Morgan fingerprint density at radius 3 is 0.697 bits per heavy atom. The highest BCUT2D eigenvalue weighted by Crippen LogP contribution is 2.45. The number of thiol groups is 4. The Labute approximate surface area is 403 Å². The molecule has 6 aromatic carbocycles. The summed E-state index contributed by atoms with van der Waals surface area (Å²) < 4.78 is 8.25. The maximum Gasteiger partial charge on any atom is 0.188 e. The Balaban J connectivity index is 1.23. The number of fused-ring (bicyclic) bond motifs is 1. The molecule has 0 aliphatic rings. The Kier molecular flexibility index (Phi) is 12.9. The van der Waals surface area contributed by atoms with Crippen molar-refractivity contribution in [3.63, 3.8) is 0 Å². The molecule has 12 nitrogen and oxygen atoms in total. The molecule has 4 heterocycles. The first kappa shape index (κ1) is 43.4. The molecule has 0 unspecified atom stereocenters. The number of hydrogen-bond acceptors (Lipinski definition) is 12. The van der Waals surface area contributed by atoms with Gasteiger partial charge in [0.2, 0.25) is 0 Å². The Morgan fingerprint density at radius 1 is 0.273 bits per heavy atom. The number of nitrogens with zero attached hydrogens (tertiary/aromatic N) is 12. The fraction of sp³-hybridized carbons (Fsp3) is 0.160. The van der Waals surface area contributed by atoms with E-state index in [0.717, 1.165) is 58.7 Å². The molecule has 0 N–H and O–H groups in total. The van der Waals surface area contributed by atoms with Crippen LogP contribution in [0.1, 0.15) is 22.3 Å². The van der Waals surface area contributed by atoms with E-state index in [0.29, 0.717) is 70.1 Å². The van der Waals surface area contributed by atoms with Gasteiger partial charge >= 0.3 is 0 Å². The van der Waals surface area contributed by atoms with E-state index in [1.54, 1.807) is 0 Å². The lowest BCUT2D eigenvalue weighted by molar-refractivity contribution is 0.640. The predicted molar refractivity (Wildman–Crippen MR) is 270 cm³/mol. The normalized spacial score (nSPS) is 11.5. The molecule has 10 aromatic rings. The lowest BCUT2D eigenvalue weighted by Gasteiger charge is -2.20. The molecular formula is C50H44N12S4. The van der Waals surface area contributed by atoms with Gasteiger partial charge in [0, 0.05) is 59.2 Å². The van der Waals surface area contributed by atoms with E-state index in [4.69, 9.17) is 70.9 Å². The monoisotopic (exact) mass is 940 g/mol. The van der Waals surface area contributed by atoms with Crippen LogP contribution in [-0.2, 0) is 51.9 Å². The van der Waals surface area contributed by atoms with Gasteiger partial charge in [0.25, 0.3) is 0 Å². The second-order valence-corrected chi connectivity index (χ2v) is 17.5. The maximum atomic E-state index is 4.87. The van der Waals surface area contributed by atoms with E-state index < -0.39 is 0 Å². The van der Waals surface area contributed by atoms with E-state index in [2.05, 4.69) is 160 Å². The van der Waals surface area contributed by atoms with Crippen LogP contribution >= 0.6 is 50.5 Å². The average Bonchev–Trinajstić information content (AvgIpc) is 4.13. The molecule has 328 valence electrons. The molecule has 0 aliphatic heterocycles. The number of hydrogen-bond donors (Lipinski definition) is 4. The van der Waals surface area contributed by atoms with Crippen LogP contribution in [0.25, 0.3) is 56.3 Å². The van der Waals surface area contributed by atoms with Crippen LogP contribution in [-0.4, -0.2) is 59.1 Å². The third-order valence-electron chi connectivity index (χ3n) is 11.9. The predicted octanol–water partition coefficient (Wildman–Crippen LogP) is 10.00. The van der Waals surface area contributed by atoms with Crippen LogP contribution in [0.4, 0.5) is 0 Å². The van der Waals surface area contributed by atoms with Gasteiger partial charge in [-0.1, -0.05) is 121 Å². The summed E-state index contributed by atoms with van der Waals surface area (Å²) in [5, 5.41) is 41.3. The van der Waals surface area contributed by atoms with E-state index >= 15 is 0 Å². The van der Waals surface area contributed by atoms with Crippen LogP contribution in [0, 0.1) is 0 Å². The van der Waals surface area contributed by atoms with E-state index in [1.165, 1.54) is 22.3 Å². The molecule has 16 heteroatoms. The number of rotatable bonds is 16. The van der Waals surface area contributed by atoms with E-state index in [-0.39, 0.29) is 0 Å². The molecule has 0 saturated heterocycles. The van der Waals surface area contributed by atoms with Crippen molar-refractivity contribution >= 4 is 61.3 Å². The molecule has 0 aliphatic carbocycles. The first-order chi connectivity index (χ1) is 32.4. The van der Waals surface area contributed by atoms with Gasteiger partial charge in [0.05, 0.1) is 0 Å². The summed E-state index contributed by atoms with van der Waals surface area (Å²) in [5.74, 6) is 2.59.